The number of anilines is 1. The van der Waals surface area contributed by atoms with E-state index < -0.39 is 10.0 Å². The normalized spacial score (nSPS) is 11.6. The quantitative estimate of drug-likeness (QED) is 0.646. The Morgan fingerprint density at radius 1 is 1.17 bits per heavy atom. The zero-order chi connectivity index (χ0) is 17.3. The summed E-state index contributed by atoms with van der Waals surface area (Å²) in [5.74, 6) is 0. The molecule has 0 amide bonds. The van der Waals surface area contributed by atoms with Crippen molar-refractivity contribution in [1.82, 2.24) is 4.98 Å². The molecule has 7 heteroatoms. The molecule has 126 valence electrons. The lowest BCUT2D eigenvalue weighted by molar-refractivity contribution is 0.594. The van der Waals surface area contributed by atoms with Crippen LogP contribution in [-0.2, 0) is 10.0 Å². The molecule has 0 N–H and O–H groups in total. The van der Waals surface area contributed by atoms with Crippen molar-refractivity contribution in [3.05, 3.63) is 52.3 Å². The number of nitrogens with zero attached hydrogens (tertiary/aromatic N) is 2. The van der Waals surface area contributed by atoms with Gasteiger partial charge >= 0.3 is 0 Å². The molecule has 3 aromatic rings. The molecule has 2 aromatic heterocycles. The lowest BCUT2D eigenvalue weighted by Crippen LogP contribution is -2.30. The number of sulfonamides is 1. The van der Waals surface area contributed by atoms with Crippen molar-refractivity contribution < 1.29 is 8.42 Å². The minimum atomic E-state index is -3.57. The molecular formula is C17H18N2O2S3. The summed E-state index contributed by atoms with van der Waals surface area (Å²) in [6, 6.07) is 11.0. The Balaban J connectivity index is 1.99. The molecule has 4 nitrogen and oxygen atoms in total. The summed E-state index contributed by atoms with van der Waals surface area (Å²) < 4.78 is 27.9. The number of hydrogen-bond acceptors (Lipinski definition) is 5. The number of benzene rings is 1. The van der Waals surface area contributed by atoms with Gasteiger partial charge in [-0.2, -0.15) is 0 Å². The first-order valence-corrected chi connectivity index (χ1v) is 10.7. The zero-order valence-electron chi connectivity index (χ0n) is 13.7. The van der Waals surface area contributed by atoms with Crippen molar-refractivity contribution in [2.75, 3.05) is 10.8 Å². The first-order valence-electron chi connectivity index (χ1n) is 7.53. The van der Waals surface area contributed by atoms with Crippen LogP contribution in [0.25, 0.3) is 10.6 Å². The van der Waals surface area contributed by atoms with E-state index in [0.29, 0.717) is 16.4 Å². The number of hydrogen-bond donors (Lipinski definition) is 0. The molecule has 24 heavy (non-hydrogen) atoms. The molecule has 3 rings (SSSR count). The maximum Gasteiger partial charge on any atom is 0.273 e. The van der Waals surface area contributed by atoms with Crippen LogP contribution in [0.15, 0.2) is 46.0 Å². The molecule has 2 heterocycles. The highest BCUT2D eigenvalue weighted by Gasteiger charge is 2.26. The first kappa shape index (κ1) is 17.1. The van der Waals surface area contributed by atoms with Gasteiger partial charge in [0.2, 0.25) is 0 Å². The van der Waals surface area contributed by atoms with E-state index in [1.165, 1.54) is 15.6 Å². The van der Waals surface area contributed by atoms with Gasteiger partial charge in [0.05, 0.1) is 21.3 Å². The maximum atomic E-state index is 13.0. The van der Waals surface area contributed by atoms with Crippen LogP contribution in [-0.4, -0.2) is 19.9 Å². The Labute approximate surface area is 150 Å². The number of thiophene rings is 1. The Bertz CT molecular complexity index is 958. The second-order valence-electron chi connectivity index (χ2n) is 5.38. The molecule has 0 saturated heterocycles. The van der Waals surface area contributed by atoms with Crippen molar-refractivity contribution >= 4 is 38.4 Å². The van der Waals surface area contributed by atoms with Crippen LogP contribution in [0.1, 0.15) is 17.5 Å². The van der Waals surface area contributed by atoms with E-state index in [1.54, 1.807) is 17.4 Å². The zero-order valence-corrected chi connectivity index (χ0v) is 16.1. The van der Waals surface area contributed by atoms with Crippen molar-refractivity contribution in [1.29, 1.82) is 0 Å². The molecule has 0 spiro atoms. The van der Waals surface area contributed by atoms with Crippen LogP contribution in [0.3, 0.4) is 0 Å². The van der Waals surface area contributed by atoms with Gasteiger partial charge < -0.3 is 0 Å². The highest BCUT2D eigenvalue weighted by atomic mass is 32.2. The number of thiazole rings is 1. The summed E-state index contributed by atoms with van der Waals surface area (Å²) in [6.45, 7) is 6.13. The first-order chi connectivity index (χ1) is 11.4. The average Bonchev–Trinajstić information content (AvgIpc) is 3.16. The summed E-state index contributed by atoms with van der Waals surface area (Å²) >= 11 is 2.82. The molecule has 0 bridgehead atoms. The second kappa shape index (κ2) is 6.66. The molecular weight excluding hydrogens is 360 g/mol. The van der Waals surface area contributed by atoms with Crippen LogP contribution in [0.2, 0.25) is 0 Å². The summed E-state index contributed by atoms with van der Waals surface area (Å²) in [5.41, 5.74) is 2.56. The molecule has 0 fully saturated rings. The Morgan fingerprint density at radius 3 is 2.58 bits per heavy atom. The standard InChI is InChI=1S/C17H18N2O2S3/c1-4-19(14-7-5-6-12(2)10-14)24(20,21)17-9-8-16(23-17)15-11-22-13(3)18-15/h5-11H,4H2,1-3H3. The highest BCUT2D eigenvalue weighted by molar-refractivity contribution is 7.94. The van der Waals surface area contributed by atoms with E-state index in [-0.39, 0.29) is 0 Å². The van der Waals surface area contributed by atoms with Crippen LogP contribution in [0, 0.1) is 13.8 Å². The molecule has 0 radical (unpaired) electrons. The van der Waals surface area contributed by atoms with Gasteiger partial charge in [-0.1, -0.05) is 12.1 Å². The van der Waals surface area contributed by atoms with E-state index in [1.807, 2.05) is 56.5 Å². The molecule has 0 aliphatic heterocycles. The maximum absolute atomic E-state index is 13.0. The van der Waals surface area contributed by atoms with Gasteiger partial charge in [0.25, 0.3) is 10.0 Å². The predicted molar refractivity (Wildman–Crippen MR) is 102 cm³/mol. The van der Waals surface area contributed by atoms with Crippen LogP contribution in [0.4, 0.5) is 5.69 Å². The van der Waals surface area contributed by atoms with Crippen LogP contribution < -0.4 is 4.31 Å². The number of aryl methyl sites for hydroxylation is 2. The Kier molecular flexibility index (Phi) is 4.76. The van der Waals surface area contributed by atoms with Gasteiger partial charge in [-0.3, -0.25) is 4.31 Å². The molecule has 0 unspecified atom stereocenters. The third-order valence-corrected chi connectivity index (χ3v) is 7.83. The minimum Gasteiger partial charge on any atom is -0.266 e. The third-order valence-electron chi connectivity index (χ3n) is 3.57. The van der Waals surface area contributed by atoms with Crippen LogP contribution >= 0.6 is 22.7 Å². The topological polar surface area (TPSA) is 50.3 Å². The average molecular weight is 379 g/mol. The van der Waals surface area contributed by atoms with Crippen molar-refractivity contribution in [2.24, 2.45) is 0 Å². The summed E-state index contributed by atoms with van der Waals surface area (Å²) in [5, 5.41) is 2.92. The van der Waals surface area contributed by atoms with Crippen molar-refractivity contribution in [3.8, 4) is 10.6 Å². The summed E-state index contributed by atoms with van der Waals surface area (Å²) in [7, 11) is -3.57. The fourth-order valence-corrected chi connectivity index (χ4v) is 5.99. The summed E-state index contributed by atoms with van der Waals surface area (Å²) in [4.78, 5) is 5.30. The van der Waals surface area contributed by atoms with Gasteiger partial charge in [-0.05, 0) is 50.6 Å². The van der Waals surface area contributed by atoms with E-state index in [0.717, 1.165) is 21.1 Å². The number of aromatic nitrogens is 1. The van der Waals surface area contributed by atoms with E-state index >= 15 is 0 Å². The van der Waals surface area contributed by atoms with Gasteiger partial charge in [0.15, 0.2) is 0 Å². The largest absolute Gasteiger partial charge is 0.273 e. The van der Waals surface area contributed by atoms with Gasteiger partial charge in [0, 0.05) is 11.9 Å². The second-order valence-corrected chi connectivity index (χ2v) is 9.61. The fourth-order valence-electron chi connectivity index (χ4n) is 2.46. The van der Waals surface area contributed by atoms with Crippen LogP contribution in [0.5, 0.6) is 0 Å². The molecule has 1 aromatic carbocycles. The number of rotatable bonds is 5. The van der Waals surface area contributed by atoms with Gasteiger partial charge in [-0.25, -0.2) is 13.4 Å². The molecule has 0 aliphatic carbocycles. The smallest absolute Gasteiger partial charge is 0.266 e. The summed E-state index contributed by atoms with van der Waals surface area (Å²) in [6.07, 6.45) is 0. The fraction of sp³-hybridized carbons (Fsp3) is 0.235. The van der Waals surface area contributed by atoms with Gasteiger partial charge in [0.1, 0.15) is 4.21 Å². The van der Waals surface area contributed by atoms with E-state index in [2.05, 4.69) is 4.98 Å². The lowest BCUT2D eigenvalue weighted by atomic mass is 10.2. The lowest BCUT2D eigenvalue weighted by Gasteiger charge is -2.22. The molecule has 0 atom stereocenters. The predicted octanol–water partition coefficient (Wildman–Crippen LogP) is 4.70. The van der Waals surface area contributed by atoms with Crippen molar-refractivity contribution in [3.63, 3.8) is 0 Å². The monoisotopic (exact) mass is 378 g/mol. The minimum absolute atomic E-state index is 0.339. The third kappa shape index (κ3) is 3.24. The SMILES string of the molecule is CCN(c1cccc(C)c1)S(=O)(=O)c1ccc(-c2csc(C)n2)s1. The highest BCUT2D eigenvalue weighted by Crippen LogP contribution is 2.34. The van der Waals surface area contributed by atoms with Crippen molar-refractivity contribution in [2.45, 2.75) is 25.0 Å². The Morgan fingerprint density at radius 2 is 1.96 bits per heavy atom. The van der Waals surface area contributed by atoms with E-state index in [4.69, 9.17) is 0 Å². The van der Waals surface area contributed by atoms with E-state index in [9.17, 15) is 8.42 Å². The molecule has 0 saturated carbocycles. The molecule has 0 aliphatic rings. The van der Waals surface area contributed by atoms with Gasteiger partial charge in [-0.15, -0.1) is 22.7 Å². The Hall–Kier alpha value is -1.70.